The van der Waals surface area contributed by atoms with Gasteiger partial charge in [0.25, 0.3) is 6.43 Å². The number of anilines is 2. The van der Waals surface area contributed by atoms with Crippen molar-refractivity contribution in [2.75, 3.05) is 23.1 Å². The van der Waals surface area contributed by atoms with Crippen molar-refractivity contribution in [2.45, 2.75) is 19.4 Å². The summed E-state index contributed by atoms with van der Waals surface area (Å²) in [5, 5.41) is 3.06. The number of thioether (sulfide) groups is 1. The standard InChI is InChI=1S/C11H16F2N2S/c1-7(6-16-2)15-10-4-3-8(14)5-9(10)11(12)13/h3-5,7,11,15H,6,14H2,1-2H3. The Bertz CT molecular complexity index is 345. The molecule has 0 spiro atoms. The van der Waals surface area contributed by atoms with Gasteiger partial charge in [-0.05, 0) is 31.4 Å². The minimum Gasteiger partial charge on any atom is -0.399 e. The van der Waals surface area contributed by atoms with Crippen LogP contribution in [-0.4, -0.2) is 18.1 Å². The van der Waals surface area contributed by atoms with E-state index in [-0.39, 0.29) is 11.6 Å². The van der Waals surface area contributed by atoms with Gasteiger partial charge in [0, 0.05) is 28.7 Å². The Morgan fingerprint density at radius 1 is 1.44 bits per heavy atom. The van der Waals surface area contributed by atoms with Crippen molar-refractivity contribution in [2.24, 2.45) is 0 Å². The third-order valence-corrected chi connectivity index (χ3v) is 2.96. The normalized spacial score (nSPS) is 12.8. The molecule has 0 heterocycles. The van der Waals surface area contributed by atoms with Crippen molar-refractivity contribution >= 4 is 23.1 Å². The lowest BCUT2D eigenvalue weighted by molar-refractivity contribution is 0.152. The number of rotatable bonds is 5. The highest BCUT2D eigenvalue weighted by Gasteiger charge is 2.14. The first-order valence-electron chi connectivity index (χ1n) is 4.97. The molecule has 0 saturated carbocycles. The summed E-state index contributed by atoms with van der Waals surface area (Å²) in [6.45, 7) is 1.96. The second-order valence-electron chi connectivity index (χ2n) is 3.65. The monoisotopic (exact) mass is 246 g/mol. The molecule has 0 aliphatic heterocycles. The SMILES string of the molecule is CSCC(C)Nc1ccc(N)cc1C(F)F. The fourth-order valence-electron chi connectivity index (χ4n) is 1.45. The summed E-state index contributed by atoms with van der Waals surface area (Å²) in [5.74, 6) is 0.868. The molecule has 0 saturated heterocycles. The molecule has 90 valence electrons. The number of nitrogen functional groups attached to an aromatic ring is 1. The minimum atomic E-state index is -2.51. The first-order chi connectivity index (χ1) is 7.54. The second-order valence-corrected chi connectivity index (χ2v) is 4.56. The summed E-state index contributed by atoms with van der Waals surface area (Å²) in [5.41, 5.74) is 6.28. The highest BCUT2D eigenvalue weighted by atomic mass is 32.2. The van der Waals surface area contributed by atoms with E-state index in [1.807, 2.05) is 13.2 Å². The van der Waals surface area contributed by atoms with E-state index < -0.39 is 6.43 Å². The largest absolute Gasteiger partial charge is 0.399 e. The topological polar surface area (TPSA) is 38.0 Å². The lowest BCUT2D eigenvalue weighted by Gasteiger charge is -2.17. The van der Waals surface area contributed by atoms with Crippen LogP contribution < -0.4 is 11.1 Å². The number of halogens is 2. The van der Waals surface area contributed by atoms with Gasteiger partial charge in [-0.3, -0.25) is 0 Å². The lowest BCUT2D eigenvalue weighted by atomic mass is 10.1. The van der Waals surface area contributed by atoms with E-state index in [4.69, 9.17) is 5.73 Å². The van der Waals surface area contributed by atoms with Crippen molar-refractivity contribution in [3.63, 3.8) is 0 Å². The van der Waals surface area contributed by atoms with E-state index in [1.165, 1.54) is 6.07 Å². The Balaban J connectivity index is 2.86. The van der Waals surface area contributed by atoms with E-state index in [0.717, 1.165) is 5.75 Å². The number of nitrogens with two attached hydrogens (primary N) is 1. The molecule has 16 heavy (non-hydrogen) atoms. The smallest absolute Gasteiger partial charge is 0.265 e. The molecular formula is C11H16F2N2S. The number of hydrogen-bond acceptors (Lipinski definition) is 3. The van der Waals surface area contributed by atoms with E-state index in [2.05, 4.69) is 5.32 Å². The van der Waals surface area contributed by atoms with Gasteiger partial charge in [0.2, 0.25) is 0 Å². The summed E-state index contributed by atoms with van der Waals surface area (Å²) in [4.78, 5) is 0. The van der Waals surface area contributed by atoms with Crippen LogP contribution in [0.3, 0.4) is 0 Å². The van der Waals surface area contributed by atoms with Gasteiger partial charge in [0.05, 0.1) is 0 Å². The predicted octanol–water partition coefficient (Wildman–Crippen LogP) is 3.37. The third-order valence-electron chi connectivity index (χ3n) is 2.13. The maximum Gasteiger partial charge on any atom is 0.265 e. The van der Waals surface area contributed by atoms with Gasteiger partial charge in [-0.15, -0.1) is 0 Å². The Morgan fingerprint density at radius 2 is 2.12 bits per heavy atom. The number of alkyl halides is 2. The molecule has 0 fully saturated rings. The average molecular weight is 246 g/mol. The summed E-state index contributed by atoms with van der Waals surface area (Å²) in [7, 11) is 0. The van der Waals surface area contributed by atoms with Crippen LogP contribution in [0.25, 0.3) is 0 Å². The Hall–Kier alpha value is -0.970. The van der Waals surface area contributed by atoms with Gasteiger partial charge in [0.1, 0.15) is 0 Å². The highest BCUT2D eigenvalue weighted by molar-refractivity contribution is 7.98. The highest BCUT2D eigenvalue weighted by Crippen LogP contribution is 2.29. The first kappa shape index (κ1) is 13.1. The van der Waals surface area contributed by atoms with Gasteiger partial charge in [-0.25, -0.2) is 8.78 Å². The molecule has 3 N–H and O–H groups in total. The van der Waals surface area contributed by atoms with Gasteiger partial charge in [0.15, 0.2) is 0 Å². The van der Waals surface area contributed by atoms with Crippen molar-refractivity contribution in [1.82, 2.24) is 0 Å². The summed E-state index contributed by atoms with van der Waals surface area (Å²) >= 11 is 1.67. The zero-order valence-electron chi connectivity index (χ0n) is 9.34. The lowest BCUT2D eigenvalue weighted by Crippen LogP contribution is -2.18. The van der Waals surface area contributed by atoms with Crippen molar-refractivity contribution in [3.05, 3.63) is 23.8 Å². The average Bonchev–Trinajstić information content (AvgIpc) is 2.20. The molecule has 0 bridgehead atoms. The molecule has 1 rings (SSSR count). The zero-order valence-corrected chi connectivity index (χ0v) is 10.2. The van der Waals surface area contributed by atoms with Crippen LogP contribution in [-0.2, 0) is 0 Å². The summed E-state index contributed by atoms with van der Waals surface area (Å²) in [6, 6.07) is 4.70. The minimum absolute atomic E-state index is 0.0343. The van der Waals surface area contributed by atoms with Gasteiger partial charge in [-0.1, -0.05) is 0 Å². The Kier molecular flexibility index (Phi) is 4.86. The molecule has 1 aromatic rings. The molecule has 0 radical (unpaired) electrons. The van der Waals surface area contributed by atoms with Crippen LogP contribution >= 0.6 is 11.8 Å². The van der Waals surface area contributed by atoms with Crippen LogP contribution in [0.15, 0.2) is 18.2 Å². The fourth-order valence-corrected chi connectivity index (χ4v) is 2.03. The number of nitrogens with one attached hydrogen (secondary N) is 1. The summed E-state index contributed by atoms with van der Waals surface area (Å²) < 4.78 is 25.5. The maximum atomic E-state index is 12.7. The predicted molar refractivity (Wildman–Crippen MR) is 67.3 cm³/mol. The molecule has 1 atom stereocenters. The number of hydrogen-bond donors (Lipinski definition) is 2. The molecule has 1 aromatic carbocycles. The molecular weight excluding hydrogens is 230 g/mol. The molecule has 0 aliphatic carbocycles. The molecule has 5 heteroatoms. The van der Waals surface area contributed by atoms with E-state index >= 15 is 0 Å². The molecule has 0 aliphatic rings. The third kappa shape index (κ3) is 3.56. The van der Waals surface area contributed by atoms with Crippen LogP contribution in [0, 0.1) is 0 Å². The van der Waals surface area contributed by atoms with E-state index in [0.29, 0.717) is 11.4 Å². The van der Waals surface area contributed by atoms with Crippen molar-refractivity contribution in [3.8, 4) is 0 Å². The van der Waals surface area contributed by atoms with Crippen molar-refractivity contribution < 1.29 is 8.78 Å². The summed E-state index contributed by atoms with van der Waals surface area (Å²) in [6.07, 6.45) is -0.526. The zero-order chi connectivity index (χ0) is 12.1. The Morgan fingerprint density at radius 3 is 2.69 bits per heavy atom. The second kappa shape index (κ2) is 5.94. The van der Waals surface area contributed by atoms with E-state index in [9.17, 15) is 8.78 Å². The van der Waals surface area contributed by atoms with Gasteiger partial charge >= 0.3 is 0 Å². The molecule has 1 unspecified atom stereocenters. The van der Waals surface area contributed by atoms with Gasteiger partial charge < -0.3 is 11.1 Å². The first-order valence-corrected chi connectivity index (χ1v) is 6.37. The maximum absolute atomic E-state index is 12.7. The molecule has 2 nitrogen and oxygen atoms in total. The van der Waals surface area contributed by atoms with Crippen LogP contribution in [0.4, 0.5) is 20.2 Å². The fraction of sp³-hybridized carbons (Fsp3) is 0.455. The van der Waals surface area contributed by atoms with E-state index in [1.54, 1.807) is 23.9 Å². The Labute approximate surface area is 98.6 Å². The molecule has 0 amide bonds. The van der Waals surface area contributed by atoms with Crippen LogP contribution in [0.5, 0.6) is 0 Å². The number of benzene rings is 1. The van der Waals surface area contributed by atoms with Crippen LogP contribution in [0.2, 0.25) is 0 Å². The quantitative estimate of drug-likeness (QED) is 0.782. The molecule has 0 aromatic heterocycles. The van der Waals surface area contributed by atoms with Crippen molar-refractivity contribution in [1.29, 1.82) is 0 Å². The van der Waals surface area contributed by atoms with Crippen LogP contribution in [0.1, 0.15) is 18.9 Å². The van der Waals surface area contributed by atoms with Gasteiger partial charge in [-0.2, -0.15) is 11.8 Å².